The number of aryl methyl sites for hydroxylation is 1. The number of benzene rings is 2. The molecule has 8 heteroatoms. The molecule has 0 radical (unpaired) electrons. The molecule has 33 heavy (non-hydrogen) atoms. The van der Waals surface area contributed by atoms with Gasteiger partial charge in [0.15, 0.2) is 5.65 Å². The van der Waals surface area contributed by atoms with E-state index in [9.17, 15) is 14.4 Å². The summed E-state index contributed by atoms with van der Waals surface area (Å²) >= 11 is 1.65. The molecule has 168 valence electrons. The maximum Gasteiger partial charge on any atom is 0.318 e. The molecule has 2 aromatic heterocycles. The molecule has 0 unspecified atom stereocenters. The molecule has 0 fully saturated rings. The summed E-state index contributed by atoms with van der Waals surface area (Å²) in [5.41, 5.74) is 2.29. The van der Waals surface area contributed by atoms with Crippen molar-refractivity contribution in [3.63, 3.8) is 0 Å². The van der Waals surface area contributed by atoms with Crippen LogP contribution in [0.1, 0.15) is 16.7 Å². The average Bonchev–Trinajstić information content (AvgIpc) is 2.84. The lowest BCUT2D eigenvalue weighted by molar-refractivity contribution is -0.121. The number of thioether (sulfide) groups is 1. The Kier molecular flexibility index (Phi) is 6.74. The topological polar surface area (TPSA) is 86.0 Å². The Bertz CT molecular complexity index is 1410. The highest BCUT2D eigenvalue weighted by Gasteiger charge is 2.16. The highest BCUT2D eigenvalue weighted by atomic mass is 32.2. The fourth-order valence-corrected chi connectivity index (χ4v) is 3.98. The quantitative estimate of drug-likeness (QED) is 0.339. The van der Waals surface area contributed by atoms with Crippen LogP contribution in [0, 0.1) is 6.92 Å². The van der Waals surface area contributed by atoms with Crippen LogP contribution in [0.2, 0.25) is 0 Å². The summed E-state index contributed by atoms with van der Waals surface area (Å²) in [6, 6.07) is 19.0. The van der Waals surface area contributed by atoms with E-state index in [2.05, 4.69) is 10.3 Å². The van der Waals surface area contributed by atoms with Crippen molar-refractivity contribution in [3.8, 4) is 0 Å². The van der Waals surface area contributed by atoms with Gasteiger partial charge in [-0.15, -0.1) is 11.8 Å². The van der Waals surface area contributed by atoms with Gasteiger partial charge in [0.25, 0.3) is 0 Å². The van der Waals surface area contributed by atoms with Crippen molar-refractivity contribution in [2.24, 2.45) is 0 Å². The van der Waals surface area contributed by atoms with Gasteiger partial charge < -0.3 is 5.32 Å². The number of pyridine rings is 1. The molecule has 0 aliphatic rings. The van der Waals surface area contributed by atoms with Gasteiger partial charge in [-0.25, -0.2) is 4.98 Å². The summed E-state index contributed by atoms with van der Waals surface area (Å²) < 4.78 is 2.56. The standard InChI is InChI=1S/C25H24N4O3S/c1-17-5-7-19(8-6-17)15-29-23-21(4-3-13-26-23)28(24(31)25(29)32)16-22(30)27-14-18-9-11-20(33-2)12-10-18/h3-13H,14-16H2,1-2H3,(H,27,30). The molecule has 2 heterocycles. The third-order valence-electron chi connectivity index (χ3n) is 5.40. The SMILES string of the molecule is CSc1ccc(CNC(=O)Cn2c(=O)c(=O)n(Cc3ccc(C)cc3)c3ncccc32)cc1. The lowest BCUT2D eigenvalue weighted by Gasteiger charge is -2.14. The number of carbonyl (C=O) groups is 1. The van der Waals surface area contributed by atoms with Gasteiger partial charge in [-0.1, -0.05) is 42.0 Å². The first-order chi connectivity index (χ1) is 16.0. The molecule has 0 aliphatic heterocycles. The fraction of sp³-hybridized carbons (Fsp3) is 0.200. The average molecular weight is 461 g/mol. The van der Waals surface area contributed by atoms with Crippen molar-refractivity contribution in [3.05, 3.63) is 104 Å². The number of carbonyl (C=O) groups excluding carboxylic acids is 1. The smallest absolute Gasteiger partial charge is 0.318 e. The fourth-order valence-electron chi connectivity index (χ4n) is 3.57. The first kappa shape index (κ1) is 22.5. The molecular weight excluding hydrogens is 436 g/mol. The highest BCUT2D eigenvalue weighted by molar-refractivity contribution is 7.98. The Hall–Kier alpha value is -3.65. The van der Waals surface area contributed by atoms with E-state index in [1.165, 1.54) is 9.13 Å². The van der Waals surface area contributed by atoms with Crippen LogP contribution in [0.4, 0.5) is 0 Å². The van der Waals surface area contributed by atoms with Gasteiger partial charge in [0.1, 0.15) is 6.54 Å². The highest BCUT2D eigenvalue weighted by Crippen LogP contribution is 2.15. The van der Waals surface area contributed by atoms with Crippen LogP contribution in [0.5, 0.6) is 0 Å². The van der Waals surface area contributed by atoms with Crippen LogP contribution in [0.3, 0.4) is 0 Å². The van der Waals surface area contributed by atoms with E-state index >= 15 is 0 Å². The minimum Gasteiger partial charge on any atom is -0.350 e. The zero-order valence-electron chi connectivity index (χ0n) is 18.4. The summed E-state index contributed by atoms with van der Waals surface area (Å²) in [5.74, 6) is -0.355. The number of amides is 1. The molecule has 0 saturated heterocycles. The summed E-state index contributed by atoms with van der Waals surface area (Å²) in [4.78, 5) is 44.0. The molecule has 4 rings (SSSR count). The third-order valence-corrected chi connectivity index (χ3v) is 6.14. The van der Waals surface area contributed by atoms with Gasteiger partial charge in [0.2, 0.25) is 5.91 Å². The predicted molar refractivity (Wildman–Crippen MR) is 131 cm³/mol. The van der Waals surface area contributed by atoms with E-state index in [0.717, 1.165) is 21.6 Å². The number of aromatic nitrogens is 3. The van der Waals surface area contributed by atoms with Gasteiger partial charge in [-0.2, -0.15) is 0 Å². The second-order valence-electron chi connectivity index (χ2n) is 7.74. The molecule has 0 saturated carbocycles. The summed E-state index contributed by atoms with van der Waals surface area (Å²) in [6.45, 7) is 2.28. The minimum absolute atomic E-state index is 0.223. The third kappa shape index (κ3) is 5.06. The lowest BCUT2D eigenvalue weighted by atomic mass is 10.1. The van der Waals surface area contributed by atoms with Crippen LogP contribution < -0.4 is 16.4 Å². The molecular formula is C25H24N4O3S. The molecule has 0 spiro atoms. The van der Waals surface area contributed by atoms with Crippen molar-refractivity contribution in [1.82, 2.24) is 19.4 Å². The number of nitrogens with one attached hydrogen (secondary N) is 1. The van der Waals surface area contributed by atoms with E-state index in [1.54, 1.807) is 30.1 Å². The van der Waals surface area contributed by atoms with Crippen LogP contribution in [0.15, 0.2) is 81.3 Å². The maximum atomic E-state index is 13.0. The number of nitrogens with zero attached hydrogens (tertiary/aromatic N) is 3. The number of hydrogen-bond acceptors (Lipinski definition) is 5. The van der Waals surface area contributed by atoms with Crippen molar-refractivity contribution < 1.29 is 4.79 Å². The molecule has 7 nitrogen and oxygen atoms in total. The molecule has 0 aliphatic carbocycles. The molecule has 0 atom stereocenters. The first-order valence-electron chi connectivity index (χ1n) is 10.5. The van der Waals surface area contributed by atoms with Crippen molar-refractivity contribution >= 4 is 28.8 Å². The van der Waals surface area contributed by atoms with E-state index in [-0.39, 0.29) is 19.0 Å². The summed E-state index contributed by atoms with van der Waals surface area (Å²) in [6.07, 6.45) is 3.57. The Morgan fingerprint density at radius 3 is 2.30 bits per heavy atom. The predicted octanol–water partition coefficient (Wildman–Crippen LogP) is 2.95. The Labute approximate surface area is 195 Å². The first-order valence-corrected chi connectivity index (χ1v) is 11.7. The van der Waals surface area contributed by atoms with Crippen LogP contribution >= 0.6 is 11.8 Å². The van der Waals surface area contributed by atoms with Crippen molar-refractivity contribution in [2.45, 2.75) is 31.5 Å². The van der Waals surface area contributed by atoms with Crippen molar-refractivity contribution in [2.75, 3.05) is 6.26 Å². The molecule has 4 aromatic rings. The van der Waals surface area contributed by atoms with Crippen molar-refractivity contribution in [1.29, 1.82) is 0 Å². The van der Waals surface area contributed by atoms with Gasteiger partial charge in [0.05, 0.1) is 12.1 Å². The second-order valence-corrected chi connectivity index (χ2v) is 8.62. The molecule has 1 amide bonds. The van der Waals surface area contributed by atoms with Crippen LogP contribution in [-0.4, -0.2) is 26.3 Å². The number of rotatable bonds is 7. The zero-order valence-corrected chi connectivity index (χ0v) is 19.3. The number of fused-ring (bicyclic) bond motifs is 1. The minimum atomic E-state index is -0.748. The number of hydrogen-bond donors (Lipinski definition) is 1. The van der Waals surface area contributed by atoms with Gasteiger partial charge in [0, 0.05) is 17.6 Å². The largest absolute Gasteiger partial charge is 0.350 e. The van der Waals surface area contributed by atoms with Crippen LogP contribution in [0.25, 0.3) is 11.2 Å². The Morgan fingerprint density at radius 1 is 0.939 bits per heavy atom. The summed E-state index contributed by atoms with van der Waals surface area (Å²) in [5, 5.41) is 2.82. The molecule has 0 bridgehead atoms. The Morgan fingerprint density at radius 2 is 1.61 bits per heavy atom. The Balaban J connectivity index is 1.60. The van der Waals surface area contributed by atoms with E-state index in [0.29, 0.717) is 17.7 Å². The summed E-state index contributed by atoms with van der Waals surface area (Å²) in [7, 11) is 0. The zero-order chi connectivity index (χ0) is 23.4. The van der Waals surface area contributed by atoms with Gasteiger partial charge in [-0.05, 0) is 48.6 Å². The van der Waals surface area contributed by atoms with Gasteiger partial charge in [-0.3, -0.25) is 23.5 Å². The lowest BCUT2D eigenvalue weighted by Crippen LogP contribution is -2.44. The molecule has 1 N–H and O–H groups in total. The van der Waals surface area contributed by atoms with E-state index < -0.39 is 11.1 Å². The molecule has 2 aromatic carbocycles. The van der Waals surface area contributed by atoms with Crippen LogP contribution in [-0.2, 0) is 24.4 Å². The van der Waals surface area contributed by atoms with Gasteiger partial charge >= 0.3 is 11.1 Å². The second kappa shape index (κ2) is 9.87. The normalized spacial score (nSPS) is 11.0. The van der Waals surface area contributed by atoms with E-state index in [4.69, 9.17) is 0 Å². The monoisotopic (exact) mass is 460 g/mol. The maximum absolute atomic E-state index is 13.0. The van der Waals surface area contributed by atoms with E-state index in [1.807, 2.05) is 61.7 Å².